The predicted octanol–water partition coefficient (Wildman–Crippen LogP) is 5.47. The van der Waals surface area contributed by atoms with Crippen LogP contribution in [0, 0.1) is 26.2 Å². The topological polar surface area (TPSA) is 0 Å². The highest BCUT2D eigenvalue weighted by Crippen LogP contribution is 2.51. The van der Waals surface area contributed by atoms with E-state index in [1.54, 1.807) is 0 Å². The van der Waals surface area contributed by atoms with Gasteiger partial charge >= 0.3 is 0 Å². The van der Waals surface area contributed by atoms with Gasteiger partial charge in [0.05, 0.1) is 5.38 Å². The molecule has 0 N–H and O–H groups in total. The van der Waals surface area contributed by atoms with Crippen molar-refractivity contribution < 1.29 is 0 Å². The van der Waals surface area contributed by atoms with Crippen molar-refractivity contribution in [1.82, 2.24) is 0 Å². The molecular formula is C16H23Cl. The van der Waals surface area contributed by atoms with E-state index in [1.165, 1.54) is 47.9 Å². The van der Waals surface area contributed by atoms with Gasteiger partial charge in [-0.15, -0.1) is 11.6 Å². The first-order valence-electron chi connectivity index (χ1n) is 6.66. The van der Waals surface area contributed by atoms with E-state index in [1.807, 2.05) is 0 Å². The molecular weight excluding hydrogens is 228 g/mol. The highest BCUT2D eigenvalue weighted by atomic mass is 35.5. The van der Waals surface area contributed by atoms with Gasteiger partial charge in [-0.05, 0) is 55.7 Å². The second-order valence-corrected chi connectivity index (χ2v) is 6.47. The minimum Gasteiger partial charge on any atom is -0.117 e. The SMILES string of the molecule is Cc1cc(C)c(C(Cl)C2(C)CCCC2)c(C)c1. The third-order valence-electron chi connectivity index (χ3n) is 4.35. The molecule has 0 saturated heterocycles. The molecule has 0 nitrogen and oxygen atoms in total. The Labute approximate surface area is 110 Å². The lowest BCUT2D eigenvalue weighted by molar-refractivity contribution is 0.320. The van der Waals surface area contributed by atoms with E-state index in [2.05, 4.69) is 39.8 Å². The van der Waals surface area contributed by atoms with E-state index < -0.39 is 0 Å². The molecule has 0 bridgehead atoms. The monoisotopic (exact) mass is 250 g/mol. The van der Waals surface area contributed by atoms with Crippen LogP contribution in [0.3, 0.4) is 0 Å². The van der Waals surface area contributed by atoms with E-state index in [0.29, 0.717) is 5.41 Å². The Bertz CT molecular complexity index is 391. The zero-order valence-corrected chi connectivity index (χ0v) is 12.2. The summed E-state index contributed by atoms with van der Waals surface area (Å²) in [6, 6.07) is 4.52. The van der Waals surface area contributed by atoms with Crippen LogP contribution in [0.1, 0.15) is 60.2 Å². The van der Waals surface area contributed by atoms with Crippen LogP contribution < -0.4 is 0 Å². The fourth-order valence-electron chi connectivity index (χ4n) is 3.38. The number of hydrogen-bond acceptors (Lipinski definition) is 0. The number of alkyl halides is 1. The standard InChI is InChI=1S/C16H23Cl/c1-11-9-12(2)14(13(3)10-11)15(17)16(4)7-5-6-8-16/h9-10,15H,5-8H2,1-4H3. The summed E-state index contributed by atoms with van der Waals surface area (Å²) in [4.78, 5) is 0. The first-order valence-corrected chi connectivity index (χ1v) is 7.09. The zero-order valence-electron chi connectivity index (χ0n) is 11.4. The molecule has 1 atom stereocenters. The molecule has 0 heterocycles. The van der Waals surface area contributed by atoms with Crippen LogP contribution in [-0.4, -0.2) is 0 Å². The van der Waals surface area contributed by atoms with E-state index in [4.69, 9.17) is 11.6 Å². The number of halogens is 1. The second kappa shape index (κ2) is 4.65. The van der Waals surface area contributed by atoms with Gasteiger partial charge in [-0.1, -0.05) is 37.5 Å². The Balaban J connectivity index is 2.40. The van der Waals surface area contributed by atoms with Crippen molar-refractivity contribution in [1.29, 1.82) is 0 Å². The van der Waals surface area contributed by atoms with E-state index in [9.17, 15) is 0 Å². The van der Waals surface area contributed by atoms with Crippen LogP contribution >= 0.6 is 11.6 Å². The molecule has 1 aromatic carbocycles. The van der Waals surface area contributed by atoms with Crippen molar-refractivity contribution >= 4 is 11.6 Å². The number of aryl methyl sites for hydroxylation is 3. The van der Waals surface area contributed by atoms with Crippen LogP contribution in [0.2, 0.25) is 0 Å². The first-order chi connectivity index (χ1) is 7.94. The second-order valence-electron chi connectivity index (χ2n) is 6.04. The molecule has 0 radical (unpaired) electrons. The van der Waals surface area contributed by atoms with Gasteiger partial charge in [0.1, 0.15) is 0 Å². The first kappa shape index (κ1) is 13.0. The van der Waals surface area contributed by atoms with Crippen LogP contribution in [0.15, 0.2) is 12.1 Å². The molecule has 1 saturated carbocycles. The Kier molecular flexibility index (Phi) is 3.54. The molecule has 0 amide bonds. The number of benzene rings is 1. The molecule has 1 unspecified atom stereocenters. The minimum absolute atomic E-state index is 0.172. The fraction of sp³-hybridized carbons (Fsp3) is 0.625. The van der Waals surface area contributed by atoms with Gasteiger partial charge in [0.25, 0.3) is 0 Å². The average Bonchev–Trinajstić information content (AvgIpc) is 2.64. The largest absolute Gasteiger partial charge is 0.117 e. The van der Waals surface area contributed by atoms with E-state index >= 15 is 0 Å². The molecule has 2 rings (SSSR count). The van der Waals surface area contributed by atoms with Crippen LogP contribution in [0.4, 0.5) is 0 Å². The molecule has 0 aromatic heterocycles. The highest BCUT2D eigenvalue weighted by Gasteiger charge is 2.37. The quantitative estimate of drug-likeness (QED) is 0.611. The third kappa shape index (κ3) is 2.38. The molecule has 1 aliphatic carbocycles. The van der Waals surface area contributed by atoms with Gasteiger partial charge in [-0.3, -0.25) is 0 Å². The van der Waals surface area contributed by atoms with E-state index in [-0.39, 0.29) is 5.38 Å². The molecule has 94 valence electrons. The summed E-state index contributed by atoms with van der Waals surface area (Å²) < 4.78 is 0. The van der Waals surface area contributed by atoms with E-state index in [0.717, 1.165) is 0 Å². The van der Waals surface area contributed by atoms with Crippen LogP contribution in [0.5, 0.6) is 0 Å². The van der Waals surface area contributed by atoms with Gasteiger partial charge in [0.2, 0.25) is 0 Å². The average molecular weight is 251 g/mol. The lowest BCUT2D eigenvalue weighted by Gasteiger charge is -2.32. The lowest BCUT2D eigenvalue weighted by atomic mass is 9.79. The third-order valence-corrected chi connectivity index (χ3v) is 5.09. The van der Waals surface area contributed by atoms with Gasteiger partial charge < -0.3 is 0 Å². The van der Waals surface area contributed by atoms with Crippen molar-refractivity contribution in [2.45, 2.75) is 58.8 Å². The fourth-order valence-corrected chi connectivity index (χ4v) is 3.94. The highest BCUT2D eigenvalue weighted by molar-refractivity contribution is 6.21. The maximum Gasteiger partial charge on any atom is 0.0643 e. The maximum absolute atomic E-state index is 6.82. The molecule has 1 fully saturated rings. The van der Waals surface area contributed by atoms with Gasteiger partial charge in [0, 0.05) is 0 Å². The zero-order chi connectivity index (χ0) is 12.6. The summed E-state index contributed by atoms with van der Waals surface area (Å²) in [5.74, 6) is 0. The summed E-state index contributed by atoms with van der Waals surface area (Å²) in [6.07, 6.45) is 5.22. The molecule has 17 heavy (non-hydrogen) atoms. The smallest absolute Gasteiger partial charge is 0.0643 e. The Morgan fingerprint density at radius 1 is 1.06 bits per heavy atom. The maximum atomic E-state index is 6.82. The summed E-state index contributed by atoms with van der Waals surface area (Å²) in [5.41, 5.74) is 5.73. The molecule has 1 aromatic rings. The summed E-state index contributed by atoms with van der Waals surface area (Å²) in [7, 11) is 0. The van der Waals surface area contributed by atoms with Crippen LogP contribution in [0.25, 0.3) is 0 Å². The summed E-state index contributed by atoms with van der Waals surface area (Å²) >= 11 is 6.82. The van der Waals surface area contributed by atoms with Crippen LogP contribution in [-0.2, 0) is 0 Å². The predicted molar refractivity (Wildman–Crippen MR) is 75.8 cm³/mol. The van der Waals surface area contributed by atoms with Gasteiger partial charge in [0.15, 0.2) is 0 Å². The Morgan fingerprint density at radius 2 is 1.53 bits per heavy atom. The van der Waals surface area contributed by atoms with Crippen molar-refractivity contribution in [3.8, 4) is 0 Å². The Hall–Kier alpha value is -0.490. The number of rotatable bonds is 2. The van der Waals surface area contributed by atoms with Crippen molar-refractivity contribution in [3.63, 3.8) is 0 Å². The Morgan fingerprint density at radius 3 is 2.00 bits per heavy atom. The van der Waals surface area contributed by atoms with Crippen molar-refractivity contribution in [3.05, 3.63) is 34.4 Å². The molecule has 1 aliphatic rings. The van der Waals surface area contributed by atoms with Gasteiger partial charge in [-0.25, -0.2) is 0 Å². The molecule has 0 spiro atoms. The number of hydrogen-bond donors (Lipinski definition) is 0. The molecule has 0 aliphatic heterocycles. The summed E-state index contributed by atoms with van der Waals surface area (Å²) in [6.45, 7) is 8.91. The minimum atomic E-state index is 0.172. The normalized spacial score (nSPS) is 20.5. The summed E-state index contributed by atoms with van der Waals surface area (Å²) in [5, 5.41) is 0.172. The van der Waals surface area contributed by atoms with Gasteiger partial charge in [-0.2, -0.15) is 0 Å². The lowest BCUT2D eigenvalue weighted by Crippen LogP contribution is -2.19. The van der Waals surface area contributed by atoms with Crippen molar-refractivity contribution in [2.24, 2.45) is 5.41 Å². The molecule has 1 heteroatoms. The van der Waals surface area contributed by atoms with Crippen molar-refractivity contribution in [2.75, 3.05) is 0 Å².